The van der Waals surface area contributed by atoms with Crippen LogP contribution in [0.15, 0.2) is 24.3 Å². The molecule has 0 bridgehead atoms. The van der Waals surface area contributed by atoms with Crippen LogP contribution in [0, 0.1) is 5.82 Å². The first-order valence-electron chi connectivity index (χ1n) is 8.23. The van der Waals surface area contributed by atoms with Crippen LogP contribution in [0.5, 0.6) is 0 Å². The molecule has 114 valence electrons. The molecule has 21 heavy (non-hydrogen) atoms. The number of carbonyl (C=O) groups is 1. The van der Waals surface area contributed by atoms with E-state index in [9.17, 15) is 9.18 Å². The van der Waals surface area contributed by atoms with Gasteiger partial charge in [-0.05, 0) is 56.5 Å². The van der Waals surface area contributed by atoms with Crippen LogP contribution in [-0.2, 0) is 11.2 Å². The lowest BCUT2D eigenvalue weighted by Gasteiger charge is -2.42. The maximum absolute atomic E-state index is 13.0. The fourth-order valence-corrected chi connectivity index (χ4v) is 4.01. The summed E-state index contributed by atoms with van der Waals surface area (Å²) in [6, 6.07) is 6.38. The molecule has 2 nitrogen and oxygen atoms in total. The van der Waals surface area contributed by atoms with Crippen LogP contribution >= 0.6 is 0 Å². The molecule has 2 aliphatic rings. The van der Waals surface area contributed by atoms with Gasteiger partial charge >= 0.3 is 0 Å². The lowest BCUT2D eigenvalue weighted by Crippen LogP contribution is -2.55. The van der Waals surface area contributed by atoms with Crippen molar-refractivity contribution in [2.24, 2.45) is 0 Å². The van der Waals surface area contributed by atoms with Crippen molar-refractivity contribution >= 4 is 5.78 Å². The summed E-state index contributed by atoms with van der Waals surface area (Å²) in [5.41, 5.74) is 0.708. The van der Waals surface area contributed by atoms with Crippen molar-refractivity contribution in [3.05, 3.63) is 35.6 Å². The maximum atomic E-state index is 13.0. The summed E-state index contributed by atoms with van der Waals surface area (Å²) in [7, 11) is 0. The summed E-state index contributed by atoms with van der Waals surface area (Å²) in [4.78, 5) is 15.4. The second-order valence-electron chi connectivity index (χ2n) is 6.51. The lowest BCUT2D eigenvalue weighted by atomic mass is 9.85. The summed E-state index contributed by atoms with van der Waals surface area (Å²) in [5.74, 6) is 0.103. The molecule has 3 rings (SSSR count). The molecule has 1 saturated carbocycles. The van der Waals surface area contributed by atoms with E-state index in [1.165, 1.54) is 31.4 Å². The van der Waals surface area contributed by atoms with Gasteiger partial charge in [0, 0.05) is 6.42 Å². The fourth-order valence-electron chi connectivity index (χ4n) is 4.01. The number of piperidine rings is 1. The van der Waals surface area contributed by atoms with Crippen LogP contribution in [-0.4, -0.2) is 29.3 Å². The quantitative estimate of drug-likeness (QED) is 0.841. The monoisotopic (exact) mass is 289 g/mol. The molecule has 1 aliphatic heterocycles. The van der Waals surface area contributed by atoms with Crippen molar-refractivity contribution in [1.82, 2.24) is 4.90 Å². The van der Waals surface area contributed by atoms with Crippen LogP contribution in [0.4, 0.5) is 4.39 Å². The van der Waals surface area contributed by atoms with Crippen molar-refractivity contribution in [1.29, 1.82) is 0 Å². The van der Waals surface area contributed by atoms with Gasteiger partial charge in [-0.2, -0.15) is 0 Å². The third-order valence-electron chi connectivity index (χ3n) is 5.19. The summed E-state index contributed by atoms with van der Waals surface area (Å²) in [6.45, 7) is 2.13. The Morgan fingerprint density at radius 3 is 2.24 bits per heavy atom. The van der Waals surface area contributed by atoms with Crippen LogP contribution < -0.4 is 0 Å². The van der Waals surface area contributed by atoms with Crippen molar-refractivity contribution in [2.75, 3.05) is 13.1 Å². The summed E-state index contributed by atoms with van der Waals surface area (Å²) in [5, 5.41) is 0. The van der Waals surface area contributed by atoms with Gasteiger partial charge in [0.05, 0.1) is 5.54 Å². The van der Waals surface area contributed by atoms with E-state index in [1.807, 2.05) is 0 Å². The smallest absolute Gasteiger partial charge is 0.157 e. The highest BCUT2D eigenvalue weighted by molar-refractivity contribution is 5.90. The zero-order valence-corrected chi connectivity index (χ0v) is 12.6. The molecule has 1 aliphatic carbocycles. The number of Topliss-reactive ketones (excluding diaryl/α,β-unsaturated/α-hetero) is 1. The first kappa shape index (κ1) is 14.7. The van der Waals surface area contributed by atoms with Gasteiger partial charge in [-0.1, -0.05) is 31.4 Å². The molecule has 0 N–H and O–H groups in total. The van der Waals surface area contributed by atoms with Gasteiger partial charge in [0.25, 0.3) is 0 Å². The van der Waals surface area contributed by atoms with Gasteiger partial charge in [0.1, 0.15) is 5.82 Å². The number of hydrogen-bond acceptors (Lipinski definition) is 2. The Morgan fingerprint density at radius 1 is 1.00 bits per heavy atom. The minimum absolute atomic E-state index is 0.227. The molecule has 0 radical (unpaired) electrons. The Hall–Kier alpha value is -1.22. The maximum Gasteiger partial charge on any atom is 0.157 e. The molecule has 0 amide bonds. The second-order valence-corrected chi connectivity index (χ2v) is 6.51. The van der Waals surface area contributed by atoms with E-state index in [0.717, 1.165) is 44.3 Å². The highest BCUT2D eigenvalue weighted by Crippen LogP contribution is 2.38. The van der Waals surface area contributed by atoms with Gasteiger partial charge in [-0.25, -0.2) is 4.39 Å². The molecule has 0 aromatic heterocycles. The predicted octanol–water partition coefficient (Wildman–Crippen LogP) is 3.74. The van der Waals surface area contributed by atoms with Gasteiger partial charge < -0.3 is 0 Å². The number of rotatable bonds is 4. The largest absolute Gasteiger partial charge is 0.297 e. The Kier molecular flexibility index (Phi) is 4.39. The predicted molar refractivity (Wildman–Crippen MR) is 81.7 cm³/mol. The molecule has 0 unspecified atom stereocenters. The number of ketones is 1. The van der Waals surface area contributed by atoms with Crippen LogP contribution in [0.25, 0.3) is 0 Å². The number of carbonyl (C=O) groups excluding carboxylic acids is 1. The molecule has 3 heteroatoms. The first-order valence-corrected chi connectivity index (χ1v) is 8.23. The van der Waals surface area contributed by atoms with Gasteiger partial charge in [0.2, 0.25) is 0 Å². The average molecular weight is 289 g/mol. The SMILES string of the molecule is O=C(Cc1ccc(F)cc1)C1(N2CCCCC2)CCCC1. The van der Waals surface area contributed by atoms with E-state index in [2.05, 4.69) is 4.90 Å². The number of halogens is 1. The van der Waals surface area contributed by atoms with Gasteiger partial charge in [-0.15, -0.1) is 0 Å². The average Bonchev–Trinajstić information content (AvgIpc) is 3.01. The van der Waals surface area contributed by atoms with Crippen LogP contribution in [0.3, 0.4) is 0 Å². The summed E-state index contributed by atoms with van der Waals surface area (Å²) < 4.78 is 13.0. The van der Waals surface area contributed by atoms with Crippen molar-refractivity contribution in [2.45, 2.75) is 56.9 Å². The standard InChI is InChI=1S/C18H24FNO/c19-16-8-6-15(7-9-16)14-17(21)18(10-2-3-11-18)20-12-4-1-5-13-20/h6-9H,1-5,10-14H2. The van der Waals surface area contributed by atoms with E-state index < -0.39 is 0 Å². The zero-order valence-electron chi connectivity index (χ0n) is 12.6. The Bertz CT molecular complexity index is 484. The van der Waals surface area contributed by atoms with E-state index in [4.69, 9.17) is 0 Å². The number of benzene rings is 1. The minimum Gasteiger partial charge on any atom is -0.297 e. The molecule has 1 saturated heterocycles. The molecular weight excluding hydrogens is 265 g/mol. The molecule has 1 heterocycles. The van der Waals surface area contributed by atoms with Crippen molar-refractivity contribution in [3.63, 3.8) is 0 Å². The second kappa shape index (κ2) is 6.27. The third-order valence-corrected chi connectivity index (χ3v) is 5.19. The lowest BCUT2D eigenvalue weighted by molar-refractivity contribution is -0.131. The Labute approximate surface area is 126 Å². The fraction of sp³-hybridized carbons (Fsp3) is 0.611. The third kappa shape index (κ3) is 3.03. The molecule has 1 aromatic rings. The van der Waals surface area contributed by atoms with Gasteiger partial charge in [0.15, 0.2) is 5.78 Å². The molecular formula is C18H24FNO. The number of nitrogens with zero attached hydrogens (tertiary/aromatic N) is 1. The Morgan fingerprint density at radius 2 is 1.62 bits per heavy atom. The van der Waals surface area contributed by atoms with E-state index in [0.29, 0.717) is 12.2 Å². The molecule has 2 fully saturated rings. The highest BCUT2D eigenvalue weighted by Gasteiger charge is 2.45. The topological polar surface area (TPSA) is 20.3 Å². The number of hydrogen-bond donors (Lipinski definition) is 0. The minimum atomic E-state index is -0.238. The first-order chi connectivity index (χ1) is 10.2. The van der Waals surface area contributed by atoms with Crippen molar-refractivity contribution < 1.29 is 9.18 Å². The molecule has 0 atom stereocenters. The van der Waals surface area contributed by atoms with Crippen molar-refractivity contribution in [3.8, 4) is 0 Å². The summed E-state index contributed by atoms with van der Waals surface area (Å²) >= 11 is 0. The zero-order chi connectivity index (χ0) is 14.7. The summed E-state index contributed by atoms with van der Waals surface area (Å²) in [6.07, 6.45) is 8.49. The molecule has 1 aromatic carbocycles. The number of likely N-dealkylation sites (tertiary alicyclic amines) is 1. The molecule has 0 spiro atoms. The van der Waals surface area contributed by atoms with Gasteiger partial charge in [-0.3, -0.25) is 9.69 Å². The normalized spacial score (nSPS) is 22.3. The van der Waals surface area contributed by atoms with Crippen LogP contribution in [0.2, 0.25) is 0 Å². The van der Waals surface area contributed by atoms with E-state index in [1.54, 1.807) is 12.1 Å². The van der Waals surface area contributed by atoms with E-state index >= 15 is 0 Å². The Balaban J connectivity index is 1.76. The highest BCUT2D eigenvalue weighted by atomic mass is 19.1. The van der Waals surface area contributed by atoms with Crippen LogP contribution in [0.1, 0.15) is 50.5 Å². The van der Waals surface area contributed by atoms with E-state index in [-0.39, 0.29) is 11.4 Å².